The number of allylic oxidation sites excluding steroid dienone is 4. The molecule has 0 N–H and O–H groups in total. The topological polar surface area (TPSA) is 26.3 Å². The Labute approximate surface area is 98.4 Å². The molecule has 1 heterocycles. The average Bonchev–Trinajstić information content (AvgIpc) is 2.25. The van der Waals surface area contributed by atoms with E-state index in [1.54, 1.807) is 0 Å². The molecular formula is C14H22O2. The molecule has 1 atom stereocenters. The summed E-state index contributed by atoms with van der Waals surface area (Å²) in [4.78, 5) is 11.4. The number of ether oxygens (including phenoxy) is 1. The molecule has 0 radical (unpaired) electrons. The molecular weight excluding hydrogens is 200 g/mol. The van der Waals surface area contributed by atoms with Gasteiger partial charge in [0, 0.05) is 6.42 Å². The van der Waals surface area contributed by atoms with Gasteiger partial charge in [0.15, 0.2) is 0 Å². The third-order valence-electron chi connectivity index (χ3n) is 2.67. The summed E-state index contributed by atoms with van der Waals surface area (Å²) >= 11 is 0. The predicted octanol–water partition coefficient (Wildman–Crippen LogP) is 3.77. The quantitative estimate of drug-likeness (QED) is 0.460. The zero-order chi connectivity index (χ0) is 11.6. The summed E-state index contributed by atoms with van der Waals surface area (Å²) in [6, 6.07) is 0. The Hall–Kier alpha value is -1.05. The van der Waals surface area contributed by atoms with Crippen LogP contribution in [0, 0.1) is 0 Å². The SMILES string of the molecule is C[C@H]1CCCC=CCC=CCCCC(=O)O1. The first-order valence-electron chi connectivity index (χ1n) is 6.28. The summed E-state index contributed by atoms with van der Waals surface area (Å²) in [5.74, 6) is -0.0477. The molecule has 0 aromatic rings. The largest absolute Gasteiger partial charge is 0.463 e. The molecule has 0 spiro atoms. The standard InChI is InChI=1S/C14H22O2/c1-13-11-9-7-5-3-2-4-6-8-10-12-14(15)16-13/h3-6,13H,2,7-12H2,1H3/t13-/m0/s1. The van der Waals surface area contributed by atoms with Crippen molar-refractivity contribution in [3.8, 4) is 0 Å². The van der Waals surface area contributed by atoms with Crippen LogP contribution in [0.2, 0.25) is 0 Å². The molecule has 0 bridgehead atoms. The molecule has 1 rings (SSSR count). The van der Waals surface area contributed by atoms with E-state index in [4.69, 9.17) is 4.74 Å². The van der Waals surface area contributed by atoms with Crippen LogP contribution in [0.3, 0.4) is 0 Å². The first-order chi connectivity index (χ1) is 7.79. The highest BCUT2D eigenvalue weighted by Crippen LogP contribution is 2.09. The maximum absolute atomic E-state index is 11.4. The lowest BCUT2D eigenvalue weighted by atomic mass is 10.1. The number of carbonyl (C=O) groups is 1. The number of rotatable bonds is 0. The van der Waals surface area contributed by atoms with E-state index in [1.807, 2.05) is 6.92 Å². The molecule has 2 nitrogen and oxygen atoms in total. The second-order valence-electron chi connectivity index (χ2n) is 4.30. The van der Waals surface area contributed by atoms with E-state index >= 15 is 0 Å². The Morgan fingerprint density at radius 2 is 1.81 bits per heavy atom. The van der Waals surface area contributed by atoms with E-state index in [0.717, 1.165) is 38.5 Å². The summed E-state index contributed by atoms with van der Waals surface area (Å²) in [6.07, 6.45) is 15.4. The Morgan fingerprint density at radius 3 is 2.56 bits per heavy atom. The van der Waals surface area contributed by atoms with Crippen LogP contribution in [0.25, 0.3) is 0 Å². The van der Waals surface area contributed by atoms with Gasteiger partial charge in [-0.05, 0) is 45.4 Å². The van der Waals surface area contributed by atoms with Gasteiger partial charge in [-0.1, -0.05) is 24.3 Å². The first kappa shape index (κ1) is 13.0. The fourth-order valence-electron chi connectivity index (χ4n) is 1.74. The van der Waals surface area contributed by atoms with Crippen LogP contribution in [0.15, 0.2) is 24.3 Å². The summed E-state index contributed by atoms with van der Waals surface area (Å²) < 4.78 is 5.31. The number of hydrogen-bond acceptors (Lipinski definition) is 2. The van der Waals surface area contributed by atoms with Gasteiger partial charge in [-0.2, -0.15) is 0 Å². The molecule has 1 aliphatic rings. The molecule has 2 heteroatoms. The van der Waals surface area contributed by atoms with Crippen molar-refractivity contribution in [1.82, 2.24) is 0 Å². The fourth-order valence-corrected chi connectivity index (χ4v) is 1.74. The maximum atomic E-state index is 11.4. The van der Waals surface area contributed by atoms with E-state index < -0.39 is 0 Å². The van der Waals surface area contributed by atoms with Crippen LogP contribution >= 0.6 is 0 Å². The van der Waals surface area contributed by atoms with Gasteiger partial charge in [-0.25, -0.2) is 0 Å². The molecule has 0 amide bonds. The van der Waals surface area contributed by atoms with E-state index in [2.05, 4.69) is 24.3 Å². The highest BCUT2D eigenvalue weighted by molar-refractivity contribution is 5.69. The summed E-state index contributed by atoms with van der Waals surface area (Å²) in [6.45, 7) is 1.98. The third-order valence-corrected chi connectivity index (χ3v) is 2.67. The normalized spacial score (nSPS) is 24.8. The Bertz CT molecular complexity index is 253. The number of esters is 1. The minimum Gasteiger partial charge on any atom is -0.463 e. The Kier molecular flexibility index (Phi) is 6.62. The molecule has 90 valence electrons. The summed E-state index contributed by atoms with van der Waals surface area (Å²) in [5, 5.41) is 0. The zero-order valence-corrected chi connectivity index (χ0v) is 10.2. The molecule has 16 heavy (non-hydrogen) atoms. The van der Waals surface area contributed by atoms with Gasteiger partial charge in [0.25, 0.3) is 0 Å². The van der Waals surface area contributed by atoms with Crippen molar-refractivity contribution in [2.75, 3.05) is 0 Å². The lowest BCUT2D eigenvalue weighted by molar-refractivity contribution is -0.148. The van der Waals surface area contributed by atoms with Gasteiger partial charge < -0.3 is 4.74 Å². The highest BCUT2D eigenvalue weighted by atomic mass is 16.5. The van der Waals surface area contributed by atoms with Gasteiger partial charge in [0.1, 0.15) is 0 Å². The van der Waals surface area contributed by atoms with Crippen molar-refractivity contribution in [3.05, 3.63) is 24.3 Å². The maximum Gasteiger partial charge on any atom is 0.306 e. The second-order valence-corrected chi connectivity index (χ2v) is 4.30. The Balaban J connectivity index is 2.38. The summed E-state index contributed by atoms with van der Waals surface area (Å²) in [7, 11) is 0. The van der Waals surface area contributed by atoms with Crippen LogP contribution in [-0.2, 0) is 9.53 Å². The molecule has 0 aliphatic carbocycles. The van der Waals surface area contributed by atoms with E-state index in [0.29, 0.717) is 6.42 Å². The average molecular weight is 222 g/mol. The molecule has 0 fully saturated rings. The van der Waals surface area contributed by atoms with E-state index in [-0.39, 0.29) is 12.1 Å². The fraction of sp³-hybridized carbons (Fsp3) is 0.643. The van der Waals surface area contributed by atoms with Crippen molar-refractivity contribution >= 4 is 5.97 Å². The summed E-state index contributed by atoms with van der Waals surface area (Å²) in [5.41, 5.74) is 0. The third kappa shape index (κ3) is 6.44. The highest BCUT2D eigenvalue weighted by Gasteiger charge is 2.08. The van der Waals surface area contributed by atoms with E-state index in [1.165, 1.54) is 0 Å². The van der Waals surface area contributed by atoms with Gasteiger partial charge in [0.2, 0.25) is 0 Å². The molecule has 0 aromatic heterocycles. The van der Waals surface area contributed by atoms with Gasteiger partial charge >= 0.3 is 5.97 Å². The van der Waals surface area contributed by atoms with Crippen molar-refractivity contribution in [2.45, 2.75) is 58.0 Å². The monoisotopic (exact) mass is 222 g/mol. The second kappa shape index (κ2) is 8.14. The number of cyclic esters (lactones) is 1. The van der Waals surface area contributed by atoms with Crippen LogP contribution < -0.4 is 0 Å². The van der Waals surface area contributed by atoms with Gasteiger partial charge in [-0.3, -0.25) is 4.79 Å². The van der Waals surface area contributed by atoms with Gasteiger partial charge in [-0.15, -0.1) is 0 Å². The molecule has 1 aliphatic heterocycles. The predicted molar refractivity (Wildman–Crippen MR) is 66.2 cm³/mol. The molecule has 0 saturated heterocycles. The zero-order valence-electron chi connectivity index (χ0n) is 10.2. The minimum absolute atomic E-state index is 0.0477. The van der Waals surface area contributed by atoms with Crippen molar-refractivity contribution < 1.29 is 9.53 Å². The van der Waals surface area contributed by atoms with E-state index in [9.17, 15) is 4.79 Å². The Morgan fingerprint density at radius 1 is 1.12 bits per heavy atom. The van der Waals surface area contributed by atoms with Crippen molar-refractivity contribution in [2.24, 2.45) is 0 Å². The lowest BCUT2D eigenvalue weighted by Crippen LogP contribution is -2.14. The molecule has 0 aromatic carbocycles. The number of hydrogen-bond donors (Lipinski definition) is 0. The molecule has 0 saturated carbocycles. The lowest BCUT2D eigenvalue weighted by Gasteiger charge is -2.12. The van der Waals surface area contributed by atoms with Crippen LogP contribution in [-0.4, -0.2) is 12.1 Å². The van der Waals surface area contributed by atoms with Crippen LogP contribution in [0.5, 0.6) is 0 Å². The molecule has 0 unspecified atom stereocenters. The van der Waals surface area contributed by atoms with Crippen LogP contribution in [0.4, 0.5) is 0 Å². The first-order valence-corrected chi connectivity index (χ1v) is 6.28. The van der Waals surface area contributed by atoms with Gasteiger partial charge in [0.05, 0.1) is 6.10 Å². The smallest absolute Gasteiger partial charge is 0.306 e. The van der Waals surface area contributed by atoms with Crippen molar-refractivity contribution in [1.29, 1.82) is 0 Å². The number of carbonyl (C=O) groups excluding carboxylic acids is 1. The van der Waals surface area contributed by atoms with Crippen molar-refractivity contribution in [3.63, 3.8) is 0 Å². The van der Waals surface area contributed by atoms with Crippen LogP contribution in [0.1, 0.15) is 51.9 Å². The minimum atomic E-state index is -0.0477.